The molecule has 0 unspecified atom stereocenters. The minimum atomic E-state index is -3.61. The highest BCUT2D eigenvalue weighted by Gasteiger charge is 2.31. The first-order valence-electron chi connectivity index (χ1n) is 16.2. The summed E-state index contributed by atoms with van der Waals surface area (Å²) in [6.07, 6.45) is 2.33. The molecule has 2 aliphatic heterocycles. The van der Waals surface area contributed by atoms with Crippen LogP contribution in [0.15, 0.2) is 77.7 Å². The fourth-order valence-corrected chi connectivity index (χ4v) is 7.59. The van der Waals surface area contributed by atoms with Crippen LogP contribution in [0, 0.1) is 12.8 Å². The monoisotopic (exact) mass is 656 g/mol. The highest BCUT2D eigenvalue weighted by molar-refractivity contribution is 7.89. The van der Waals surface area contributed by atoms with Crippen LogP contribution in [0.2, 0.25) is 0 Å². The zero-order valence-electron chi connectivity index (χ0n) is 27.8. The Morgan fingerprint density at radius 2 is 1.70 bits per heavy atom. The van der Waals surface area contributed by atoms with Crippen LogP contribution in [0.3, 0.4) is 0 Å². The van der Waals surface area contributed by atoms with Gasteiger partial charge in [0.15, 0.2) is 0 Å². The lowest BCUT2D eigenvalue weighted by atomic mass is 9.91. The standard InChI is InChI=1S/C36H44N6O4S/c1-25-9-11-29(12-10-25)42-34(24-33(39-42)36(2,3)4)38-35(43)37-28-8-6-7-27(22-28)21-26-15-17-41(18-16-26)47(44,45)30-13-14-31-32(23-30)46-20-19-40(31)5/h6-14,22-24,26H,15-21H2,1-5H3,(H2,37,38,43). The number of amides is 2. The van der Waals surface area contributed by atoms with Gasteiger partial charge in [0, 0.05) is 43.4 Å². The molecule has 2 amide bonds. The van der Waals surface area contributed by atoms with Crippen molar-refractivity contribution in [2.24, 2.45) is 5.92 Å². The zero-order valence-corrected chi connectivity index (χ0v) is 28.6. The molecule has 0 bridgehead atoms. The van der Waals surface area contributed by atoms with Gasteiger partial charge >= 0.3 is 6.03 Å². The molecular formula is C36H44N6O4S. The van der Waals surface area contributed by atoms with Gasteiger partial charge < -0.3 is 15.0 Å². The molecule has 10 nitrogen and oxygen atoms in total. The molecule has 0 aliphatic carbocycles. The third-order valence-corrected chi connectivity index (χ3v) is 10.8. The lowest BCUT2D eigenvalue weighted by Gasteiger charge is -2.32. The average molecular weight is 657 g/mol. The molecule has 4 aromatic rings. The predicted molar refractivity (Wildman–Crippen MR) is 186 cm³/mol. The Balaban J connectivity index is 1.07. The van der Waals surface area contributed by atoms with E-state index in [2.05, 4.69) is 42.4 Å². The molecule has 1 fully saturated rings. The summed E-state index contributed by atoms with van der Waals surface area (Å²) < 4.78 is 36.0. The number of carbonyl (C=O) groups is 1. The maximum atomic E-state index is 13.5. The van der Waals surface area contributed by atoms with Crippen LogP contribution in [0.4, 0.5) is 22.0 Å². The lowest BCUT2D eigenvalue weighted by molar-refractivity contribution is 0.262. The number of nitrogens with one attached hydrogen (secondary N) is 2. The summed E-state index contributed by atoms with van der Waals surface area (Å²) in [6.45, 7) is 10.6. The third-order valence-electron chi connectivity index (χ3n) is 8.95. The number of fused-ring (bicyclic) bond motifs is 1. The number of hydrogen-bond donors (Lipinski definition) is 2. The highest BCUT2D eigenvalue weighted by atomic mass is 32.2. The van der Waals surface area contributed by atoms with E-state index in [0.29, 0.717) is 42.9 Å². The number of anilines is 3. The molecule has 1 aromatic heterocycles. The van der Waals surface area contributed by atoms with Crippen LogP contribution in [0.5, 0.6) is 5.75 Å². The molecule has 0 atom stereocenters. The normalized spacial score (nSPS) is 16.0. The van der Waals surface area contributed by atoms with Crippen molar-refractivity contribution in [1.82, 2.24) is 14.1 Å². The van der Waals surface area contributed by atoms with Gasteiger partial charge in [0.1, 0.15) is 18.2 Å². The largest absolute Gasteiger partial charge is 0.490 e. The van der Waals surface area contributed by atoms with Crippen LogP contribution in [0.25, 0.3) is 5.69 Å². The fraction of sp³-hybridized carbons (Fsp3) is 0.389. The zero-order chi connectivity index (χ0) is 33.3. The first-order valence-corrected chi connectivity index (χ1v) is 17.6. The van der Waals surface area contributed by atoms with E-state index < -0.39 is 10.0 Å². The van der Waals surface area contributed by atoms with Gasteiger partial charge in [-0.1, -0.05) is 50.6 Å². The topological polar surface area (TPSA) is 109 Å². The van der Waals surface area contributed by atoms with Crippen LogP contribution >= 0.6 is 0 Å². The minimum Gasteiger partial charge on any atom is -0.490 e. The Kier molecular flexibility index (Phi) is 9.04. The van der Waals surface area contributed by atoms with E-state index in [4.69, 9.17) is 9.84 Å². The van der Waals surface area contributed by atoms with Crippen molar-refractivity contribution in [2.75, 3.05) is 48.8 Å². The summed E-state index contributed by atoms with van der Waals surface area (Å²) in [5.41, 5.74) is 5.40. The number of benzene rings is 3. The van der Waals surface area contributed by atoms with Crippen molar-refractivity contribution in [3.63, 3.8) is 0 Å². The molecule has 0 spiro atoms. The average Bonchev–Trinajstić information content (AvgIpc) is 3.46. The number of urea groups is 1. The van der Waals surface area contributed by atoms with Gasteiger partial charge in [0.25, 0.3) is 0 Å². The number of sulfonamides is 1. The molecule has 2 N–H and O–H groups in total. The van der Waals surface area contributed by atoms with Gasteiger partial charge in [-0.05, 0) is 74.1 Å². The van der Waals surface area contributed by atoms with Crippen LogP contribution < -0.4 is 20.3 Å². The van der Waals surface area contributed by atoms with E-state index in [-0.39, 0.29) is 16.3 Å². The number of aromatic nitrogens is 2. The summed E-state index contributed by atoms with van der Waals surface area (Å²) in [6, 6.07) is 22.6. The van der Waals surface area contributed by atoms with E-state index in [0.717, 1.165) is 54.0 Å². The molecule has 3 heterocycles. The van der Waals surface area contributed by atoms with Crippen LogP contribution in [-0.2, 0) is 21.9 Å². The maximum absolute atomic E-state index is 13.5. The second-order valence-corrected chi connectivity index (χ2v) is 15.6. The number of aryl methyl sites for hydroxylation is 1. The summed E-state index contributed by atoms with van der Waals surface area (Å²) >= 11 is 0. The van der Waals surface area contributed by atoms with Gasteiger partial charge in [-0.3, -0.25) is 5.32 Å². The van der Waals surface area contributed by atoms with E-state index in [9.17, 15) is 13.2 Å². The number of likely N-dealkylation sites (N-methyl/N-ethyl adjacent to an activating group) is 1. The summed E-state index contributed by atoms with van der Waals surface area (Å²) in [5, 5.41) is 10.8. The number of rotatable bonds is 7. The van der Waals surface area contributed by atoms with Crippen LogP contribution in [0.1, 0.15) is 50.4 Å². The van der Waals surface area contributed by atoms with Gasteiger partial charge in [-0.15, -0.1) is 0 Å². The van der Waals surface area contributed by atoms with E-state index in [1.165, 1.54) is 0 Å². The number of hydrogen-bond acceptors (Lipinski definition) is 6. The first-order chi connectivity index (χ1) is 22.4. The smallest absolute Gasteiger partial charge is 0.324 e. The number of nitrogens with zero attached hydrogens (tertiary/aromatic N) is 4. The van der Waals surface area contributed by atoms with E-state index >= 15 is 0 Å². The second-order valence-electron chi connectivity index (χ2n) is 13.6. The van der Waals surface area contributed by atoms with E-state index in [1.807, 2.05) is 68.6 Å². The lowest BCUT2D eigenvalue weighted by Crippen LogP contribution is -2.39. The van der Waals surface area contributed by atoms with Gasteiger partial charge in [0.2, 0.25) is 10.0 Å². The molecule has 3 aromatic carbocycles. The molecule has 11 heteroatoms. The van der Waals surface area contributed by atoms with Gasteiger partial charge in [-0.2, -0.15) is 9.40 Å². The van der Waals surface area contributed by atoms with Crippen molar-refractivity contribution in [3.05, 3.63) is 89.6 Å². The van der Waals surface area contributed by atoms with Gasteiger partial charge in [0.05, 0.1) is 28.5 Å². The Bertz CT molecular complexity index is 1850. The molecule has 0 radical (unpaired) electrons. The number of carbonyl (C=O) groups excluding carboxylic acids is 1. The third kappa shape index (κ3) is 7.31. The first kappa shape index (κ1) is 32.6. The van der Waals surface area contributed by atoms with Crippen molar-refractivity contribution in [3.8, 4) is 11.4 Å². The summed E-state index contributed by atoms with van der Waals surface area (Å²) in [7, 11) is -1.63. The summed E-state index contributed by atoms with van der Waals surface area (Å²) in [4.78, 5) is 15.5. The second kappa shape index (κ2) is 13.0. The van der Waals surface area contributed by atoms with Crippen LogP contribution in [-0.4, -0.2) is 61.8 Å². The Morgan fingerprint density at radius 3 is 2.43 bits per heavy atom. The molecule has 248 valence electrons. The molecule has 0 saturated carbocycles. The van der Waals surface area contributed by atoms with Gasteiger partial charge in [-0.25, -0.2) is 17.9 Å². The molecule has 2 aliphatic rings. The van der Waals surface area contributed by atoms with Crippen molar-refractivity contribution in [1.29, 1.82) is 0 Å². The fourth-order valence-electron chi connectivity index (χ4n) is 6.11. The Hall–Kier alpha value is -4.35. The van der Waals surface area contributed by atoms with Crippen molar-refractivity contribution < 1.29 is 17.9 Å². The number of piperidine rings is 1. The molecule has 1 saturated heterocycles. The highest BCUT2D eigenvalue weighted by Crippen LogP contribution is 2.35. The Labute approximate surface area is 277 Å². The van der Waals surface area contributed by atoms with E-state index in [1.54, 1.807) is 21.1 Å². The number of ether oxygens (including phenoxy) is 1. The maximum Gasteiger partial charge on any atom is 0.324 e. The summed E-state index contributed by atoms with van der Waals surface area (Å²) in [5.74, 6) is 1.54. The SMILES string of the molecule is Cc1ccc(-n2nc(C(C)(C)C)cc2NC(=O)Nc2cccc(CC3CCN(S(=O)(=O)c4ccc5c(c4)OCCN5C)CC3)c2)cc1. The molecule has 6 rings (SSSR count). The molecule has 47 heavy (non-hydrogen) atoms. The Morgan fingerprint density at radius 1 is 0.957 bits per heavy atom. The molecular weight excluding hydrogens is 613 g/mol. The predicted octanol–water partition coefficient (Wildman–Crippen LogP) is 6.59. The van der Waals surface area contributed by atoms with Crippen molar-refractivity contribution in [2.45, 2.75) is 57.3 Å². The van der Waals surface area contributed by atoms with Crippen molar-refractivity contribution >= 4 is 33.2 Å². The minimum absolute atomic E-state index is 0.190. The quantitative estimate of drug-likeness (QED) is 0.232.